The molecule has 27 heavy (non-hydrogen) atoms. The fourth-order valence-corrected chi connectivity index (χ4v) is 4.90. The van der Waals surface area contributed by atoms with Gasteiger partial charge in [-0.3, -0.25) is 4.79 Å². The molecule has 0 saturated carbocycles. The van der Waals surface area contributed by atoms with E-state index in [1.165, 1.54) is 0 Å². The summed E-state index contributed by atoms with van der Waals surface area (Å²) < 4.78 is 6.48. The van der Waals surface area contributed by atoms with Gasteiger partial charge in [0.15, 0.2) is 0 Å². The van der Waals surface area contributed by atoms with E-state index in [9.17, 15) is 9.90 Å². The summed E-state index contributed by atoms with van der Waals surface area (Å²) in [5, 5.41) is 9.46. The molecule has 0 radical (unpaired) electrons. The lowest BCUT2D eigenvalue weighted by Crippen LogP contribution is -2.49. The second-order valence-corrected chi connectivity index (χ2v) is 8.67. The molecular weight excluding hydrogens is 340 g/mol. The maximum absolute atomic E-state index is 12.9. The second-order valence-electron chi connectivity index (χ2n) is 8.67. The third-order valence-electron chi connectivity index (χ3n) is 6.99. The number of aryl methyl sites for hydroxylation is 1. The Bertz CT molecular complexity index is 697. The van der Waals surface area contributed by atoms with E-state index in [0.29, 0.717) is 12.5 Å². The molecule has 0 bridgehead atoms. The van der Waals surface area contributed by atoms with Gasteiger partial charge >= 0.3 is 0 Å². The van der Waals surface area contributed by atoms with Gasteiger partial charge in [0, 0.05) is 44.3 Å². The molecule has 3 aliphatic rings. The third kappa shape index (κ3) is 3.59. The van der Waals surface area contributed by atoms with Gasteiger partial charge in [-0.25, -0.2) is 0 Å². The number of amides is 1. The smallest absolute Gasteiger partial charge is 0.253 e. The van der Waals surface area contributed by atoms with E-state index in [0.717, 1.165) is 68.7 Å². The summed E-state index contributed by atoms with van der Waals surface area (Å²) in [6.07, 6.45) is 4.21. The maximum Gasteiger partial charge on any atom is 0.253 e. The first-order valence-corrected chi connectivity index (χ1v) is 10.5. The molecule has 4 rings (SSSR count). The molecular formula is C22H32N2O3. The van der Waals surface area contributed by atoms with Crippen molar-refractivity contribution in [3.63, 3.8) is 0 Å². The lowest BCUT2D eigenvalue weighted by atomic mass is 9.83. The van der Waals surface area contributed by atoms with Crippen molar-refractivity contribution in [1.29, 1.82) is 0 Å². The van der Waals surface area contributed by atoms with Crippen molar-refractivity contribution in [3.8, 4) is 5.75 Å². The molecule has 5 nitrogen and oxygen atoms in total. The number of hydrogen-bond acceptors (Lipinski definition) is 4. The molecule has 148 valence electrons. The summed E-state index contributed by atoms with van der Waals surface area (Å²) in [4.78, 5) is 17.3. The van der Waals surface area contributed by atoms with Gasteiger partial charge in [-0.1, -0.05) is 13.8 Å². The molecule has 3 heterocycles. The average Bonchev–Trinajstić information content (AvgIpc) is 3.08. The summed E-state index contributed by atoms with van der Waals surface area (Å²) in [5.74, 6) is 1.60. The van der Waals surface area contributed by atoms with Crippen molar-refractivity contribution >= 4 is 5.91 Å². The van der Waals surface area contributed by atoms with Gasteiger partial charge in [0.05, 0.1) is 0 Å². The summed E-state index contributed by atoms with van der Waals surface area (Å²) in [6, 6.07) is 5.94. The molecule has 1 N–H and O–H groups in total. The topological polar surface area (TPSA) is 53.0 Å². The highest BCUT2D eigenvalue weighted by molar-refractivity contribution is 5.94. The Morgan fingerprint density at radius 3 is 2.70 bits per heavy atom. The van der Waals surface area contributed by atoms with E-state index < -0.39 is 0 Å². The van der Waals surface area contributed by atoms with Crippen molar-refractivity contribution in [2.45, 2.75) is 45.1 Å². The van der Waals surface area contributed by atoms with Gasteiger partial charge in [-0.15, -0.1) is 0 Å². The number of rotatable bonds is 3. The van der Waals surface area contributed by atoms with Gasteiger partial charge in [-0.05, 0) is 61.9 Å². The molecule has 2 fully saturated rings. The molecule has 3 aliphatic heterocycles. The van der Waals surface area contributed by atoms with Gasteiger partial charge < -0.3 is 19.6 Å². The van der Waals surface area contributed by atoms with Crippen LogP contribution >= 0.6 is 0 Å². The zero-order valence-corrected chi connectivity index (χ0v) is 16.6. The number of carbonyl (C=O) groups excluding carboxylic acids is 1. The van der Waals surface area contributed by atoms with Crippen LogP contribution in [0.5, 0.6) is 5.75 Å². The Labute approximate surface area is 162 Å². The molecule has 0 aromatic heterocycles. The normalized spacial score (nSPS) is 27.4. The van der Waals surface area contributed by atoms with E-state index in [1.54, 1.807) is 0 Å². The second kappa shape index (κ2) is 7.44. The zero-order valence-electron chi connectivity index (χ0n) is 16.6. The van der Waals surface area contributed by atoms with Crippen LogP contribution in [0.25, 0.3) is 0 Å². The van der Waals surface area contributed by atoms with Gasteiger partial charge in [0.1, 0.15) is 11.4 Å². The largest absolute Gasteiger partial charge is 0.487 e. The molecule has 1 aromatic rings. The van der Waals surface area contributed by atoms with Gasteiger partial charge in [-0.2, -0.15) is 0 Å². The van der Waals surface area contributed by atoms with Crippen LogP contribution in [-0.2, 0) is 6.42 Å². The zero-order chi connectivity index (χ0) is 19.0. The first-order valence-electron chi connectivity index (χ1n) is 10.5. The fraction of sp³-hybridized carbons (Fsp3) is 0.682. The van der Waals surface area contributed by atoms with Crippen molar-refractivity contribution in [1.82, 2.24) is 9.80 Å². The average molecular weight is 373 g/mol. The minimum atomic E-state index is -0.0110. The standard InChI is InChI=1S/C22H32N2O3/c1-3-23-10-8-22(9-11-23)7-6-17-12-18(4-5-20(17)27-22)21(26)24-13-16(2)19(14-24)15-25/h4-5,12,16,19,25H,3,6-11,13-15H2,1-2H3/t16-,19+/m0/s1. The van der Waals surface area contributed by atoms with Gasteiger partial charge in [0.25, 0.3) is 5.91 Å². The van der Waals surface area contributed by atoms with Crippen LogP contribution in [0.3, 0.4) is 0 Å². The van der Waals surface area contributed by atoms with Gasteiger partial charge in [0.2, 0.25) is 0 Å². The monoisotopic (exact) mass is 372 g/mol. The molecule has 1 spiro atoms. The number of aliphatic hydroxyl groups is 1. The molecule has 2 saturated heterocycles. The van der Waals surface area contributed by atoms with Crippen molar-refractivity contribution in [3.05, 3.63) is 29.3 Å². The van der Waals surface area contributed by atoms with E-state index in [4.69, 9.17) is 4.74 Å². The number of likely N-dealkylation sites (tertiary alicyclic amines) is 2. The number of hydrogen-bond donors (Lipinski definition) is 1. The highest BCUT2D eigenvalue weighted by Gasteiger charge is 2.39. The SMILES string of the molecule is CCN1CCC2(CCc3cc(C(=O)N4C[C@H](CO)[C@@H](C)C4)ccc3O2)CC1. The van der Waals surface area contributed by atoms with Crippen LogP contribution in [0.4, 0.5) is 0 Å². The van der Waals surface area contributed by atoms with Crippen molar-refractivity contribution < 1.29 is 14.6 Å². The first-order chi connectivity index (χ1) is 13.0. The summed E-state index contributed by atoms with van der Waals surface area (Å²) >= 11 is 0. The predicted molar refractivity (Wildman–Crippen MR) is 105 cm³/mol. The highest BCUT2D eigenvalue weighted by atomic mass is 16.5. The lowest BCUT2D eigenvalue weighted by molar-refractivity contribution is -0.0132. The van der Waals surface area contributed by atoms with Crippen LogP contribution in [0.1, 0.15) is 49.0 Å². The predicted octanol–water partition coefficient (Wildman–Crippen LogP) is 2.57. The number of fused-ring (bicyclic) bond motifs is 1. The van der Waals surface area contributed by atoms with Crippen LogP contribution in [0.15, 0.2) is 18.2 Å². The Morgan fingerprint density at radius 1 is 1.26 bits per heavy atom. The fourth-order valence-electron chi connectivity index (χ4n) is 4.90. The number of nitrogens with zero attached hydrogens (tertiary/aromatic N) is 2. The summed E-state index contributed by atoms with van der Waals surface area (Å²) in [7, 11) is 0. The molecule has 1 aromatic carbocycles. The quantitative estimate of drug-likeness (QED) is 0.886. The molecule has 0 aliphatic carbocycles. The minimum absolute atomic E-state index is 0.0110. The molecule has 5 heteroatoms. The van der Waals surface area contributed by atoms with E-state index in [-0.39, 0.29) is 24.0 Å². The minimum Gasteiger partial charge on any atom is -0.487 e. The van der Waals surface area contributed by atoms with E-state index in [1.807, 2.05) is 23.1 Å². The Balaban J connectivity index is 1.45. The highest BCUT2D eigenvalue weighted by Crippen LogP contribution is 2.40. The van der Waals surface area contributed by atoms with Crippen LogP contribution < -0.4 is 4.74 Å². The number of piperidine rings is 1. The number of aliphatic hydroxyl groups excluding tert-OH is 1. The van der Waals surface area contributed by atoms with Crippen molar-refractivity contribution in [2.24, 2.45) is 11.8 Å². The van der Waals surface area contributed by atoms with E-state index >= 15 is 0 Å². The molecule has 2 atom stereocenters. The molecule has 1 amide bonds. The first kappa shape index (κ1) is 18.8. The Morgan fingerprint density at radius 2 is 2.04 bits per heavy atom. The van der Waals surface area contributed by atoms with Crippen LogP contribution in [-0.4, -0.2) is 65.7 Å². The Kier molecular flexibility index (Phi) is 5.17. The van der Waals surface area contributed by atoms with Crippen molar-refractivity contribution in [2.75, 3.05) is 39.3 Å². The summed E-state index contributed by atoms with van der Waals surface area (Å²) in [6.45, 7) is 9.21. The van der Waals surface area contributed by atoms with E-state index in [2.05, 4.69) is 18.7 Å². The maximum atomic E-state index is 12.9. The summed E-state index contributed by atoms with van der Waals surface area (Å²) in [5.41, 5.74) is 1.90. The lowest BCUT2D eigenvalue weighted by Gasteiger charge is -2.44. The van der Waals surface area contributed by atoms with Crippen LogP contribution in [0.2, 0.25) is 0 Å². The Hall–Kier alpha value is -1.59. The number of ether oxygens (including phenoxy) is 1. The third-order valence-corrected chi connectivity index (χ3v) is 6.99. The van der Waals surface area contributed by atoms with Crippen LogP contribution in [0, 0.1) is 11.8 Å². The molecule has 0 unspecified atom stereocenters. The number of carbonyl (C=O) groups is 1. The number of benzene rings is 1.